The highest BCUT2D eigenvalue weighted by molar-refractivity contribution is 5.73. The van der Waals surface area contributed by atoms with Crippen LogP contribution in [0.4, 0.5) is 5.69 Å². The van der Waals surface area contributed by atoms with Crippen molar-refractivity contribution in [3.63, 3.8) is 0 Å². The van der Waals surface area contributed by atoms with Crippen molar-refractivity contribution in [3.8, 4) is 0 Å². The van der Waals surface area contributed by atoms with E-state index in [-0.39, 0.29) is 49.6 Å². The van der Waals surface area contributed by atoms with E-state index in [0.717, 1.165) is 69.9 Å². The van der Waals surface area contributed by atoms with Gasteiger partial charge in [0.15, 0.2) is 0 Å². The Labute approximate surface area is 327 Å². The van der Waals surface area contributed by atoms with E-state index in [1.807, 2.05) is 18.2 Å². The number of carbonyl (C=O) groups is 3. The summed E-state index contributed by atoms with van der Waals surface area (Å²) in [6.45, 7) is 4.13. The number of anilines is 1. The fourth-order valence-corrected chi connectivity index (χ4v) is 9.85. The molecule has 1 saturated heterocycles. The summed E-state index contributed by atoms with van der Waals surface area (Å²) in [4.78, 5) is 41.3. The van der Waals surface area contributed by atoms with Gasteiger partial charge in [-0.3, -0.25) is 14.4 Å². The quantitative estimate of drug-likeness (QED) is 0.0426. The Morgan fingerprint density at radius 2 is 1.26 bits per heavy atom. The maximum Gasteiger partial charge on any atom is 0.309 e. The second-order valence-corrected chi connectivity index (χ2v) is 17.1. The van der Waals surface area contributed by atoms with Crippen LogP contribution in [0, 0.1) is 41.4 Å². The molecule has 1 atom stereocenters. The number of esters is 3. The van der Waals surface area contributed by atoms with Crippen LogP contribution in [-0.2, 0) is 28.6 Å². The summed E-state index contributed by atoms with van der Waals surface area (Å²) in [7, 11) is 0. The third-order valence-electron chi connectivity index (χ3n) is 12.8. The van der Waals surface area contributed by atoms with Crippen LogP contribution in [0.25, 0.3) is 0 Å². The zero-order chi connectivity index (χ0) is 37.8. The Bertz CT molecular complexity index is 1270. The molecular formula is C47H71NO6. The van der Waals surface area contributed by atoms with Gasteiger partial charge >= 0.3 is 17.9 Å². The van der Waals surface area contributed by atoms with Crippen molar-refractivity contribution < 1.29 is 28.6 Å². The molecule has 1 aromatic rings. The molecule has 4 bridgehead atoms. The number of unbranched alkanes of at least 4 members (excludes halogenated alkanes) is 9. The number of nitrogens with zero attached hydrogens (tertiary/aromatic N) is 1. The van der Waals surface area contributed by atoms with Crippen LogP contribution in [-0.4, -0.2) is 50.8 Å². The highest BCUT2D eigenvalue weighted by atomic mass is 16.6. The van der Waals surface area contributed by atoms with Gasteiger partial charge in [0.25, 0.3) is 0 Å². The van der Waals surface area contributed by atoms with Gasteiger partial charge < -0.3 is 19.1 Å². The second-order valence-electron chi connectivity index (χ2n) is 17.1. The molecule has 0 spiro atoms. The molecule has 6 rings (SSSR count). The van der Waals surface area contributed by atoms with Gasteiger partial charge in [0.1, 0.15) is 19.8 Å². The third-order valence-corrected chi connectivity index (χ3v) is 12.8. The van der Waals surface area contributed by atoms with Crippen LogP contribution in [0.2, 0.25) is 0 Å². The Balaban J connectivity index is 0.968. The van der Waals surface area contributed by atoms with Crippen molar-refractivity contribution in [2.24, 2.45) is 41.4 Å². The minimum atomic E-state index is -0.374. The van der Waals surface area contributed by atoms with Crippen molar-refractivity contribution in [2.75, 3.05) is 37.8 Å². The number of rotatable bonds is 25. The molecular weight excluding hydrogens is 675 g/mol. The highest BCUT2D eigenvalue weighted by Crippen LogP contribution is 2.57. The average molecular weight is 746 g/mol. The lowest BCUT2D eigenvalue weighted by Crippen LogP contribution is -2.45. The van der Waals surface area contributed by atoms with E-state index >= 15 is 0 Å². The maximum atomic E-state index is 13.1. The predicted molar refractivity (Wildman–Crippen MR) is 217 cm³/mol. The molecule has 7 nitrogen and oxygen atoms in total. The molecule has 1 aliphatic heterocycles. The summed E-state index contributed by atoms with van der Waals surface area (Å²) in [5.41, 5.74) is 1.18. The molecule has 1 aromatic carbocycles. The van der Waals surface area contributed by atoms with Gasteiger partial charge in [-0.2, -0.15) is 0 Å². The molecule has 1 heterocycles. The summed E-state index contributed by atoms with van der Waals surface area (Å²) >= 11 is 0. The number of allylic oxidation sites excluding steroid dienone is 4. The van der Waals surface area contributed by atoms with Crippen LogP contribution < -0.4 is 4.90 Å². The molecule has 7 heteroatoms. The molecule has 0 N–H and O–H groups in total. The Morgan fingerprint density at radius 1 is 0.685 bits per heavy atom. The smallest absolute Gasteiger partial charge is 0.309 e. The van der Waals surface area contributed by atoms with Crippen LogP contribution >= 0.6 is 0 Å². The molecule has 4 saturated carbocycles. The number of para-hydroxylation sites is 1. The van der Waals surface area contributed by atoms with Gasteiger partial charge in [0.05, 0.1) is 11.8 Å². The Morgan fingerprint density at radius 3 is 1.91 bits per heavy atom. The second kappa shape index (κ2) is 23.7. The minimum Gasteiger partial charge on any atom is -0.465 e. The van der Waals surface area contributed by atoms with Crippen molar-refractivity contribution in [1.29, 1.82) is 0 Å². The van der Waals surface area contributed by atoms with Gasteiger partial charge in [-0.1, -0.05) is 88.0 Å². The molecule has 0 radical (unpaired) electrons. The number of ether oxygens (including phenoxy) is 3. The Kier molecular flexibility index (Phi) is 18.5. The molecule has 5 aliphatic rings. The maximum absolute atomic E-state index is 13.1. The van der Waals surface area contributed by atoms with Crippen LogP contribution in [0.1, 0.15) is 142 Å². The molecule has 1 unspecified atom stereocenters. The lowest BCUT2D eigenvalue weighted by molar-refractivity contribution is -0.157. The molecule has 4 aliphatic carbocycles. The molecule has 300 valence electrons. The number of hydrogen-bond acceptors (Lipinski definition) is 7. The molecule has 5 fully saturated rings. The fourth-order valence-electron chi connectivity index (χ4n) is 9.85. The van der Waals surface area contributed by atoms with E-state index in [9.17, 15) is 14.4 Å². The van der Waals surface area contributed by atoms with Crippen molar-refractivity contribution in [2.45, 2.75) is 142 Å². The number of piperidine rings is 1. The SMILES string of the molecule is CCCCC/C=C\C/C=C\CCCCCCCCC(=O)OCC(COC(=O)CC1C2CC3CC(C2)CC1C3)COC(=O)C1CCN(c2ccccc2)CC1. The summed E-state index contributed by atoms with van der Waals surface area (Å²) in [6, 6.07) is 10.3. The average Bonchev–Trinajstić information content (AvgIpc) is 3.18. The van der Waals surface area contributed by atoms with E-state index < -0.39 is 0 Å². The van der Waals surface area contributed by atoms with Crippen molar-refractivity contribution in [1.82, 2.24) is 0 Å². The largest absolute Gasteiger partial charge is 0.465 e. The lowest BCUT2D eigenvalue weighted by atomic mass is 9.51. The van der Waals surface area contributed by atoms with Gasteiger partial charge in [-0.05, 0) is 125 Å². The zero-order valence-electron chi connectivity index (χ0n) is 33.5. The zero-order valence-corrected chi connectivity index (χ0v) is 33.5. The van der Waals surface area contributed by atoms with Gasteiger partial charge in [0, 0.05) is 31.6 Å². The molecule has 0 amide bonds. The van der Waals surface area contributed by atoms with Crippen molar-refractivity contribution in [3.05, 3.63) is 54.6 Å². The molecule has 54 heavy (non-hydrogen) atoms. The highest BCUT2D eigenvalue weighted by Gasteiger charge is 2.48. The van der Waals surface area contributed by atoms with Crippen LogP contribution in [0.3, 0.4) is 0 Å². The topological polar surface area (TPSA) is 82.1 Å². The normalized spacial score (nSPS) is 24.3. The lowest BCUT2D eigenvalue weighted by Gasteiger charge is -2.54. The van der Waals surface area contributed by atoms with Gasteiger partial charge in [-0.15, -0.1) is 0 Å². The summed E-state index contributed by atoms with van der Waals surface area (Å²) in [5, 5.41) is 0. The van der Waals surface area contributed by atoms with Crippen LogP contribution in [0.5, 0.6) is 0 Å². The van der Waals surface area contributed by atoms with E-state index in [1.165, 1.54) is 82.7 Å². The summed E-state index contributed by atoms with van der Waals surface area (Å²) in [5.74, 6) is 2.38. The first-order valence-corrected chi connectivity index (χ1v) is 22.1. The standard InChI is InChI=1S/C47H71NO6/c1-2-3-4-5-6-7-8-9-10-11-12-13-14-15-16-20-23-45(49)52-34-39(35-53-46(50)33-44-41-29-37-28-38(31-41)32-42(44)30-37)36-54-47(51)40-24-26-48(27-25-40)43-21-18-17-19-22-43/h6-7,9-10,17-19,21-22,37-42,44H,2-5,8,11-16,20,23-36H2,1H3/b7-6-,10-9-. The van der Waals surface area contributed by atoms with E-state index in [1.54, 1.807) is 0 Å². The minimum absolute atomic E-state index is 0.0846. The van der Waals surface area contributed by atoms with Gasteiger partial charge in [-0.25, -0.2) is 0 Å². The van der Waals surface area contributed by atoms with Crippen LogP contribution in [0.15, 0.2) is 54.6 Å². The summed E-state index contributed by atoms with van der Waals surface area (Å²) < 4.78 is 17.4. The van der Waals surface area contributed by atoms with Crippen molar-refractivity contribution >= 4 is 23.6 Å². The first kappa shape index (κ1) is 42.1. The third kappa shape index (κ3) is 14.5. The Hall–Kier alpha value is -3.09. The van der Waals surface area contributed by atoms with Gasteiger partial charge in [0.2, 0.25) is 0 Å². The summed E-state index contributed by atoms with van der Waals surface area (Å²) in [6.07, 6.45) is 31.9. The first-order valence-electron chi connectivity index (χ1n) is 22.1. The predicted octanol–water partition coefficient (Wildman–Crippen LogP) is 10.8. The number of benzene rings is 1. The first-order chi connectivity index (χ1) is 26.5. The van der Waals surface area contributed by atoms with E-state index in [0.29, 0.717) is 30.6 Å². The number of carbonyl (C=O) groups excluding carboxylic acids is 3. The molecule has 0 aromatic heterocycles. The fraction of sp³-hybridized carbons (Fsp3) is 0.723. The van der Waals surface area contributed by atoms with E-state index in [2.05, 4.69) is 48.3 Å². The van der Waals surface area contributed by atoms with E-state index in [4.69, 9.17) is 14.2 Å². The number of hydrogen-bond donors (Lipinski definition) is 0. The monoisotopic (exact) mass is 746 g/mol.